The zero-order chi connectivity index (χ0) is 13.9. The number of rotatable bonds is 4. The summed E-state index contributed by atoms with van der Waals surface area (Å²) >= 11 is 0. The highest BCUT2D eigenvalue weighted by molar-refractivity contribution is 5.32. The lowest BCUT2D eigenvalue weighted by Gasteiger charge is -2.35. The van der Waals surface area contributed by atoms with Crippen LogP contribution in [0.15, 0.2) is 6.07 Å². The van der Waals surface area contributed by atoms with E-state index in [0.717, 1.165) is 25.1 Å². The van der Waals surface area contributed by atoms with E-state index in [-0.39, 0.29) is 5.60 Å². The highest BCUT2D eigenvalue weighted by Gasteiger charge is 2.29. The van der Waals surface area contributed by atoms with Gasteiger partial charge in [-0.15, -0.1) is 0 Å². The Labute approximate surface area is 114 Å². The van der Waals surface area contributed by atoms with Crippen molar-refractivity contribution < 1.29 is 9.47 Å². The Morgan fingerprint density at radius 1 is 1.47 bits per heavy atom. The van der Waals surface area contributed by atoms with Gasteiger partial charge in [-0.25, -0.2) is 4.98 Å². The van der Waals surface area contributed by atoms with E-state index in [1.807, 2.05) is 19.9 Å². The van der Waals surface area contributed by atoms with E-state index in [4.69, 9.17) is 9.47 Å². The van der Waals surface area contributed by atoms with Crippen LogP contribution in [0.25, 0.3) is 0 Å². The molecule has 1 saturated heterocycles. The Bertz CT molecular complexity index is 435. The van der Waals surface area contributed by atoms with E-state index < -0.39 is 0 Å². The third-order valence-corrected chi connectivity index (χ3v) is 3.15. The quantitative estimate of drug-likeness (QED) is 0.906. The monoisotopic (exact) mass is 265 g/mol. The Hall–Kier alpha value is -1.36. The number of nitrogens with one attached hydrogen (secondary N) is 1. The fourth-order valence-electron chi connectivity index (χ4n) is 2.36. The summed E-state index contributed by atoms with van der Waals surface area (Å²) in [5, 5.41) is 3.39. The third-order valence-electron chi connectivity index (χ3n) is 3.15. The molecule has 0 spiro atoms. The molecule has 0 aromatic carbocycles. The average Bonchev–Trinajstić information content (AvgIpc) is 2.26. The fourth-order valence-corrected chi connectivity index (χ4v) is 2.36. The van der Waals surface area contributed by atoms with Gasteiger partial charge in [0.1, 0.15) is 0 Å². The van der Waals surface area contributed by atoms with Gasteiger partial charge < -0.3 is 14.8 Å². The summed E-state index contributed by atoms with van der Waals surface area (Å²) in [4.78, 5) is 8.79. The Morgan fingerprint density at radius 3 is 2.95 bits per heavy atom. The van der Waals surface area contributed by atoms with Crippen LogP contribution in [-0.4, -0.2) is 34.8 Å². The Kier molecular flexibility index (Phi) is 4.24. The van der Waals surface area contributed by atoms with Crippen molar-refractivity contribution in [3.8, 4) is 5.88 Å². The summed E-state index contributed by atoms with van der Waals surface area (Å²) in [6.07, 6.45) is 1.93. The van der Waals surface area contributed by atoms with Crippen LogP contribution >= 0.6 is 0 Å². The molecule has 1 aliphatic heterocycles. The van der Waals surface area contributed by atoms with Crippen molar-refractivity contribution >= 4 is 5.95 Å². The van der Waals surface area contributed by atoms with Gasteiger partial charge >= 0.3 is 0 Å². The third kappa shape index (κ3) is 4.06. The van der Waals surface area contributed by atoms with Crippen LogP contribution in [0, 0.1) is 6.92 Å². The summed E-state index contributed by atoms with van der Waals surface area (Å²) in [5.41, 5.74) is 0.829. The second kappa shape index (κ2) is 5.74. The highest BCUT2D eigenvalue weighted by Crippen LogP contribution is 2.26. The van der Waals surface area contributed by atoms with Crippen molar-refractivity contribution in [2.75, 3.05) is 18.5 Å². The average molecular weight is 265 g/mol. The first kappa shape index (κ1) is 14.1. The molecular formula is C14H23N3O2. The molecule has 2 heterocycles. The minimum atomic E-state index is -0.0809. The van der Waals surface area contributed by atoms with Crippen molar-refractivity contribution in [1.82, 2.24) is 9.97 Å². The Morgan fingerprint density at radius 2 is 2.26 bits per heavy atom. The summed E-state index contributed by atoms with van der Waals surface area (Å²) in [7, 11) is 0. The molecule has 5 heteroatoms. The first-order chi connectivity index (χ1) is 8.98. The van der Waals surface area contributed by atoms with Crippen molar-refractivity contribution in [3.63, 3.8) is 0 Å². The summed E-state index contributed by atoms with van der Waals surface area (Å²) in [6.45, 7) is 9.51. The zero-order valence-corrected chi connectivity index (χ0v) is 12.2. The van der Waals surface area contributed by atoms with Crippen molar-refractivity contribution in [1.29, 1.82) is 0 Å². The van der Waals surface area contributed by atoms with Gasteiger partial charge in [-0.1, -0.05) is 0 Å². The smallest absolute Gasteiger partial charge is 0.226 e. The second-order valence-corrected chi connectivity index (χ2v) is 5.55. The van der Waals surface area contributed by atoms with Crippen LogP contribution in [0.5, 0.6) is 5.88 Å². The molecule has 1 aromatic rings. The maximum atomic E-state index is 5.71. The predicted octanol–water partition coefficient (Wildman–Crippen LogP) is 2.55. The molecule has 0 saturated carbocycles. The predicted molar refractivity (Wildman–Crippen MR) is 74.6 cm³/mol. The van der Waals surface area contributed by atoms with Crippen LogP contribution in [0.3, 0.4) is 0 Å². The van der Waals surface area contributed by atoms with Crippen LogP contribution < -0.4 is 10.1 Å². The molecule has 1 unspecified atom stereocenters. The van der Waals surface area contributed by atoms with Crippen LogP contribution in [0.4, 0.5) is 5.95 Å². The first-order valence-electron chi connectivity index (χ1n) is 6.87. The van der Waals surface area contributed by atoms with Gasteiger partial charge in [0.2, 0.25) is 11.8 Å². The van der Waals surface area contributed by atoms with Crippen molar-refractivity contribution in [2.45, 2.75) is 52.2 Å². The molecule has 106 valence electrons. The zero-order valence-electron chi connectivity index (χ0n) is 12.2. The van der Waals surface area contributed by atoms with Crippen LogP contribution in [-0.2, 0) is 4.74 Å². The van der Waals surface area contributed by atoms with E-state index >= 15 is 0 Å². The highest BCUT2D eigenvalue weighted by atomic mass is 16.5. The first-order valence-corrected chi connectivity index (χ1v) is 6.87. The van der Waals surface area contributed by atoms with Gasteiger partial charge in [-0.2, -0.15) is 4.98 Å². The molecule has 19 heavy (non-hydrogen) atoms. The topological polar surface area (TPSA) is 56.3 Å². The standard InChI is InChI=1S/C14H23N3O2/c1-5-18-12-8-10(2)15-13(17-12)16-11-6-7-19-14(3,4)9-11/h8,11H,5-7,9H2,1-4H3,(H,15,16,17). The molecule has 2 rings (SSSR count). The summed E-state index contributed by atoms with van der Waals surface area (Å²) < 4.78 is 11.2. The Balaban J connectivity index is 2.06. The van der Waals surface area contributed by atoms with E-state index in [1.165, 1.54) is 0 Å². The summed E-state index contributed by atoms with van der Waals surface area (Å²) in [6, 6.07) is 2.20. The van der Waals surface area contributed by atoms with Gasteiger partial charge in [0, 0.05) is 24.4 Å². The normalized spacial score (nSPS) is 22.0. The molecule has 5 nitrogen and oxygen atoms in total. The van der Waals surface area contributed by atoms with E-state index in [2.05, 4.69) is 29.1 Å². The molecular weight excluding hydrogens is 242 g/mol. The molecule has 0 aliphatic carbocycles. The number of nitrogens with zero attached hydrogens (tertiary/aromatic N) is 2. The SMILES string of the molecule is CCOc1cc(C)nc(NC2CCOC(C)(C)C2)n1. The van der Waals surface area contributed by atoms with Gasteiger partial charge in [-0.05, 0) is 40.5 Å². The number of hydrogen-bond acceptors (Lipinski definition) is 5. The number of ether oxygens (including phenoxy) is 2. The van der Waals surface area contributed by atoms with Crippen LogP contribution in [0.1, 0.15) is 39.3 Å². The minimum Gasteiger partial charge on any atom is -0.478 e. The molecule has 0 bridgehead atoms. The lowest BCUT2D eigenvalue weighted by atomic mass is 9.94. The lowest BCUT2D eigenvalue weighted by molar-refractivity contribution is -0.0554. The number of aromatic nitrogens is 2. The minimum absolute atomic E-state index is 0.0809. The second-order valence-electron chi connectivity index (χ2n) is 5.55. The van der Waals surface area contributed by atoms with E-state index in [1.54, 1.807) is 0 Å². The van der Waals surface area contributed by atoms with Gasteiger partial charge in [-0.3, -0.25) is 0 Å². The molecule has 1 aromatic heterocycles. The molecule has 1 fully saturated rings. The fraction of sp³-hybridized carbons (Fsp3) is 0.714. The molecule has 0 radical (unpaired) electrons. The maximum absolute atomic E-state index is 5.71. The molecule has 1 aliphatic rings. The van der Waals surface area contributed by atoms with Crippen molar-refractivity contribution in [2.24, 2.45) is 0 Å². The maximum Gasteiger partial charge on any atom is 0.226 e. The molecule has 1 atom stereocenters. The number of anilines is 1. The van der Waals surface area contributed by atoms with Gasteiger partial charge in [0.25, 0.3) is 0 Å². The summed E-state index contributed by atoms with van der Waals surface area (Å²) in [5.74, 6) is 1.27. The van der Waals surface area contributed by atoms with Crippen LogP contribution in [0.2, 0.25) is 0 Å². The number of hydrogen-bond donors (Lipinski definition) is 1. The van der Waals surface area contributed by atoms with E-state index in [0.29, 0.717) is 24.5 Å². The van der Waals surface area contributed by atoms with Crippen molar-refractivity contribution in [3.05, 3.63) is 11.8 Å². The lowest BCUT2D eigenvalue weighted by Crippen LogP contribution is -2.40. The van der Waals surface area contributed by atoms with Gasteiger partial charge in [0.15, 0.2) is 0 Å². The molecule has 0 amide bonds. The van der Waals surface area contributed by atoms with E-state index in [9.17, 15) is 0 Å². The number of aryl methyl sites for hydroxylation is 1. The van der Waals surface area contributed by atoms with Gasteiger partial charge in [0.05, 0.1) is 12.2 Å². The molecule has 1 N–H and O–H groups in total. The largest absolute Gasteiger partial charge is 0.478 e.